The van der Waals surface area contributed by atoms with E-state index in [1.54, 1.807) is 12.1 Å². The number of carbonyl (C=O) groups is 2. The fourth-order valence-electron chi connectivity index (χ4n) is 7.26. The van der Waals surface area contributed by atoms with Gasteiger partial charge in [-0.3, -0.25) is 9.59 Å². The van der Waals surface area contributed by atoms with Crippen LogP contribution in [-0.2, 0) is 20.7 Å². The smallest absolute Gasteiger partial charge is 0.481 e. The van der Waals surface area contributed by atoms with Gasteiger partial charge in [0.1, 0.15) is 5.82 Å². The van der Waals surface area contributed by atoms with E-state index in [2.05, 4.69) is 18.6 Å². The number of allylic oxidation sites excluding steroid dienone is 2. The van der Waals surface area contributed by atoms with E-state index >= 15 is 0 Å². The van der Waals surface area contributed by atoms with Crippen LogP contribution in [0.3, 0.4) is 0 Å². The number of alkyl halides is 3. The van der Waals surface area contributed by atoms with Gasteiger partial charge in [-0.1, -0.05) is 25.5 Å². The number of ether oxygens (including phenoxy) is 1. The van der Waals surface area contributed by atoms with Gasteiger partial charge in [0.2, 0.25) is 0 Å². The van der Waals surface area contributed by atoms with Crippen molar-refractivity contribution in [2.24, 2.45) is 29.1 Å². The molecule has 5 rings (SSSR count). The Hall–Kier alpha value is -3.17. The Morgan fingerprint density at radius 2 is 1.86 bits per heavy atom. The van der Waals surface area contributed by atoms with E-state index in [1.807, 2.05) is 17.7 Å². The number of carbonyl (C=O) groups excluding carboxylic acids is 1. The number of hydrogen-bond acceptors (Lipinski definition) is 4. The van der Waals surface area contributed by atoms with Crippen LogP contribution in [-0.4, -0.2) is 33.2 Å². The zero-order chi connectivity index (χ0) is 26.9. The van der Waals surface area contributed by atoms with Gasteiger partial charge in [-0.2, -0.15) is 5.10 Å². The van der Waals surface area contributed by atoms with E-state index in [1.165, 1.54) is 12.1 Å². The molecule has 198 valence electrons. The summed E-state index contributed by atoms with van der Waals surface area (Å²) in [5.41, 5.74) is 3.94. The molecule has 2 aromatic rings. The third-order valence-electron chi connectivity index (χ3n) is 9.01. The number of nitrogens with zero attached hydrogens (tertiary/aromatic N) is 2. The first-order valence-corrected chi connectivity index (χ1v) is 12.4. The summed E-state index contributed by atoms with van der Waals surface area (Å²) in [6.45, 7) is 6.04. The maximum Gasteiger partial charge on any atom is 0.575 e. The van der Waals surface area contributed by atoms with Crippen molar-refractivity contribution in [3.8, 4) is 5.69 Å². The van der Waals surface area contributed by atoms with Crippen LogP contribution in [0.5, 0.6) is 0 Å². The number of fused-ring (bicyclic) bond motifs is 4. The molecule has 1 aromatic heterocycles. The summed E-state index contributed by atoms with van der Waals surface area (Å²) in [6, 6.07) is 6.10. The minimum Gasteiger partial charge on any atom is -0.481 e. The molecule has 1 fully saturated rings. The van der Waals surface area contributed by atoms with Crippen LogP contribution in [0.1, 0.15) is 56.0 Å². The summed E-state index contributed by atoms with van der Waals surface area (Å²) < 4.78 is 58.0. The fourth-order valence-corrected chi connectivity index (χ4v) is 7.26. The Balaban J connectivity index is 1.56. The molecule has 37 heavy (non-hydrogen) atoms. The molecule has 0 saturated heterocycles. The Labute approximate surface area is 211 Å². The first-order chi connectivity index (χ1) is 17.3. The van der Waals surface area contributed by atoms with Crippen LogP contribution in [0, 0.1) is 41.8 Å². The van der Waals surface area contributed by atoms with Gasteiger partial charge in [0.15, 0.2) is 0 Å². The average molecular weight is 521 g/mol. The predicted molar refractivity (Wildman–Crippen MR) is 124 cm³/mol. The lowest BCUT2D eigenvalue weighted by molar-refractivity contribution is -0.309. The maximum absolute atomic E-state index is 13.5. The summed E-state index contributed by atoms with van der Waals surface area (Å²) >= 11 is 0. The molecular weight excluding hydrogens is 492 g/mol. The van der Waals surface area contributed by atoms with Crippen LogP contribution in [0.15, 0.2) is 35.9 Å². The molecule has 3 aliphatic carbocycles. The lowest BCUT2D eigenvalue weighted by Crippen LogP contribution is -2.51. The van der Waals surface area contributed by atoms with Crippen molar-refractivity contribution in [2.45, 2.75) is 58.7 Å². The Kier molecular flexibility index (Phi) is 5.99. The Morgan fingerprint density at radius 3 is 2.49 bits per heavy atom. The van der Waals surface area contributed by atoms with Crippen molar-refractivity contribution in [1.82, 2.24) is 9.78 Å². The lowest BCUT2D eigenvalue weighted by atomic mass is 9.48. The fraction of sp³-hybridized carbons (Fsp3) is 0.519. The lowest BCUT2D eigenvalue weighted by Gasteiger charge is -2.56. The second-order valence-electron chi connectivity index (χ2n) is 10.7. The predicted octanol–water partition coefficient (Wildman–Crippen LogP) is 5.72. The van der Waals surface area contributed by atoms with Gasteiger partial charge in [0.25, 0.3) is 0 Å². The van der Waals surface area contributed by atoms with Crippen LogP contribution in [0.25, 0.3) is 5.69 Å². The number of rotatable bonds is 3. The molecule has 6 nitrogen and oxygen atoms in total. The second-order valence-corrected chi connectivity index (χ2v) is 10.7. The minimum absolute atomic E-state index is 0.0332. The summed E-state index contributed by atoms with van der Waals surface area (Å²) in [5, 5.41) is 14.5. The van der Waals surface area contributed by atoms with Gasteiger partial charge in [0, 0.05) is 11.3 Å². The highest BCUT2D eigenvalue weighted by molar-refractivity contribution is 5.82. The molecule has 0 aliphatic heterocycles. The summed E-state index contributed by atoms with van der Waals surface area (Å²) in [7, 11) is 0. The topological polar surface area (TPSA) is 81.4 Å². The van der Waals surface area contributed by atoms with E-state index in [0.717, 1.165) is 28.2 Å². The number of aliphatic carboxylic acids is 1. The number of esters is 1. The van der Waals surface area contributed by atoms with Crippen molar-refractivity contribution >= 4 is 11.9 Å². The molecule has 1 aromatic carbocycles. The van der Waals surface area contributed by atoms with Gasteiger partial charge in [-0.05, 0) is 80.0 Å². The molecule has 3 aliphatic rings. The molecule has 1 N–H and O–H groups in total. The number of aromatic nitrogens is 2. The Bertz CT molecular complexity index is 1280. The standard InChI is InChI=1S/C27H28F4N2O4/c1-13-22-14(2)32-33(17-7-5-16(28)6-8-17)21(22)12-15-4-9-18-20(26(13,15)3)11-10-19(24(34)35)23(18)25(36)37-27(29,30)31/h5-8,11,13,15,18-19,23H,4,9-10,12H2,1-3H3,(H,34,35)/t13?,15-,18-,19-,23-,26+/m1/s1. The van der Waals surface area contributed by atoms with Gasteiger partial charge in [-0.25, -0.2) is 9.07 Å². The van der Waals surface area contributed by atoms with Crippen molar-refractivity contribution in [3.63, 3.8) is 0 Å². The van der Waals surface area contributed by atoms with Gasteiger partial charge in [0.05, 0.1) is 23.2 Å². The minimum atomic E-state index is -5.18. The highest BCUT2D eigenvalue weighted by Crippen LogP contribution is 2.63. The van der Waals surface area contributed by atoms with Crippen molar-refractivity contribution in [3.05, 3.63) is 58.7 Å². The van der Waals surface area contributed by atoms with Crippen LogP contribution >= 0.6 is 0 Å². The molecule has 0 spiro atoms. The van der Waals surface area contributed by atoms with E-state index < -0.39 is 41.5 Å². The summed E-state index contributed by atoms with van der Waals surface area (Å²) in [4.78, 5) is 24.6. The molecule has 0 bridgehead atoms. The molecule has 6 atom stereocenters. The average Bonchev–Trinajstić information content (AvgIpc) is 3.14. The molecule has 1 heterocycles. The third-order valence-corrected chi connectivity index (χ3v) is 9.01. The van der Waals surface area contributed by atoms with Gasteiger partial charge in [-0.15, -0.1) is 13.2 Å². The van der Waals surface area contributed by atoms with Gasteiger partial charge >= 0.3 is 18.3 Å². The number of aryl methyl sites for hydroxylation is 1. The summed E-state index contributed by atoms with van der Waals surface area (Å²) in [5.74, 6) is -6.50. The van der Waals surface area contributed by atoms with Crippen LogP contribution in [0.4, 0.5) is 17.6 Å². The van der Waals surface area contributed by atoms with E-state index in [9.17, 15) is 32.3 Å². The highest BCUT2D eigenvalue weighted by atomic mass is 19.4. The van der Waals surface area contributed by atoms with Crippen LogP contribution in [0.2, 0.25) is 0 Å². The second kappa shape index (κ2) is 8.70. The van der Waals surface area contributed by atoms with Crippen molar-refractivity contribution in [2.75, 3.05) is 0 Å². The van der Waals surface area contributed by atoms with Crippen LogP contribution < -0.4 is 0 Å². The zero-order valence-electron chi connectivity index (χ0n) is 20.7. The number of benzene rings is 1. The maximum atomic E-state index is 13.5. The van der Waals surface area contributed by atoms with Crippen molar-refractivity contribution in [1.29, 1.82) is 0 Å². The number of carboxylic acids is 1. The molecule has 0 amide bonds. The van der Waals surface area contributed by atoms with Gasteiger partial charge < -0.3 is 9.84 Å². The first kappa shape index (κ1) is 25.5. The molecule has 1 saturated carbocycles. The Morgan fingerprint density at radius 1 is 1.19 bits per heavy atom. The molecule has 0 radical (unpaired) electrons. The number of halogens is 4. The third kappa shape index (κ3) is 4.05. The molecular formula is C27H28F4N2O4. The van der Waals surface area contributed by atoms with E-state index in [4.69, 9.17) is 5.10 Å². The zero-order valence-corrected chi connectivity index (χ0v) is 20.7. The van der Waals surface area contributed by atoms with E-state index in [0.29, 0.717) is 19.3 Å². The SMILES string of the molecule is Cc1nn(-c2ccc(F)cc2)c2c1C(C)[C@]1(C)C3=CC[C@@H](C(=O)O)[C@H](C(=O)OC(F)(F)F)[C@@H]3CC[C@@H]1C2. The largest absolute Gasteiger partial charge is 0.575 e. The molecule has 10 heteroatoms. The highest BCUT2D eigenvalue weighted by Gasteiger charge is 2.58. The normalized spacial score (nSPS) is 31.0. The first-order valence-electron chi connectivity index (χ1n) is 12.4. The van der Waals surface area contributed by atoms with Crippen molar-refractivity contribution < 1.29 is 37.0 Å². The molecule has 1 unspecified atom stereocenters. The van der Waals surface area contributed by atoms with E-state index in [-0.39, 0.29) is 24.1 Å². The summed E-state index contributed by atoms with van der Waals surface area (Å²) in [6.07, 6.45) is -1.72. The number of hydrogen-bond donors (Lipinski definition) is 1. The monoisotopic (exact) mass is 520 g/mol. The number of carboxylic acid groups (broad SMARTS) is 1. The quantitative estimate of drug-likeness (QED) is 0.318.